The van der Waals surface area contributed by atoms with Gasteiger partial charge in [0.25, 0.3) is 0 Å². The van der Waals surface area contributed by atoms with E-state index in [1.807, 2.05) is 6.92 Å². The number of anilines is 1. The summed E-state index contributed by atoms with van der Waals surface area (Å²) in [6.07, 6.45) is -2.01. The number of amides is 2. The maximum atomic E-state index is 12.7. The van der Waals surface area contributed by atoms with Crippen molar-refractivity contribution >= 4 is 23.6 Å². The summed E-state index contributed by atoms with van der Waals surface area (Å²) in [4.78, 5) is 24.5. The molecule has 0 radical (unpaired) electrons. The first-order chi connectivity index (χ1) is 15.2. The second-order valence-electron chi connectivity index (χ2n) is 6.68. The Balaban J connectivity index is 2.05. The van der Waals surface area contributed by atoms with Crippen LogP contribution in [0.1, 0.15) is 25.0 Å². The quantitative estimate of drug-likeness (QED) is 0.565. The van der Waals surface area contributed by atoms with Gasteiger partial charge in [-0.15, -0.1) is 0 Å². The van der Waals surface area contributed by atoms with Crippen molar-refractivity contribution < 1.29 is 32.2 Å². The van der Waals surface area contributed by atoms with Gasteiger partial charge in [0.1, 0.15) is 0 Å². The molecule has 1 N–H and O–H groups in total. The summed E-state index contributed by atoms with van der Waals surface area (Å²) < 4.78 is 48.8. The number of rotatable bonds is 9. The van der Waals surface area contributed by atoms with Crippen molar-refractivity contribution in [1.82, 2.24) is 4.90 Å². The second kappa shape index (κ2) is 11.2. The zero-order valence-corrected chi connectivity index (χ0v) is 18.0. The van der Waals surface area contributed by atoms with Crippen LogP contribution in [0.15, 0.2) is 48.5 Å². The number of ether oxygens (including phenoxy) is 2. The highest BCUT2D eigenvalue weighted by Gasteiger charge is 2.41. The number of halogens is 3. The zero-order chi connectivity index (χ0) is 23.7. The van der Waals surface area contributed by atoms with E-state index in [1.54, 1.807) is 42.5 Å². The normalized spacial score (nSPS) is 11.3. The highest BCUT2D eigenvalue weighted by molar-refractivity contribution is 6.02. The van der Waals surface area contributed by atoms with Crippen molar-refractivity contribution in [1.29, 1.82) is 0 Å². The number of methoxy groups -OCH3 is 1. The van der Waals surface area contributed by atoms with Crippen LogP contribution in [0.3, 0.4) is 0 Å². The fourth-order valence-corrected chi connectivity index (χ4v) is 2.89. The monoisotopic (exact) mass is 450 g/mol. The molecule has 2 rings (SSSR count). The van der Waals surface area contributed by atoms with Crippen LogP contribution in [-0.2, 0) is 16.1 Å². The van der Waals surface area contributed by atoms with Crippen LogP contribution in [0.2, 0.25) is 0 Å². The Hall–Kier alpha value is -3.49. The van der Waals surface area contributed by atoms with Crippen LogP contribution in [-0.4, -0.2) is 43.2 Å². The Bertz CT molecular complexity index is 974. The van der Waals surface area contributed by atoms with Crippen LogP contribution in [0, 0.1) is 0 Å². The van der Waals surface area contributed by atoms with Crippen LogP contribution in [0.5, 0.6) is 11.5 Å². The molecule has 0 aliphatic heterocycles. The fraction of sp³-hybridized carbons (Fsp3) is 0.304. The lowest BCUT2D eigenvalue weighted by atomic mass is 10.1. The van der Waals surface area contributed by atoms with E-state index in [1.165, 1.54) is 26.2 Å². The van der Waals surface area contributed by atoms with Gasteiger partial charge in [-0.2, -0.15) is 13.2 Å². The topological polar surface area (TPSA) is 67.9 Å². The molecule has 0 spiro atoms. The molecule has 2 aromatic rings. The number of carbonyl (C=O) groups excluding carboxylic acids is 2. The Morgan fingerprint density at radius 3 is 2.47 bits per heavy atom. The van der Waals surface area contributed by atoms with Crippen molar-refractivity contribution in [2.75, 3.05) is 25.6 Å². The van der Waals surface area contributed by atoms with E-state index in [9.17, 15) is 22.8 Å². The molecule has 32 heavy (non-hydrogen) atoms. The molecule has 0 atom stereocenters. The average Bonchev–Trinajstić information content (AvgIpc) is 2.76. The third kappa shape index (κ3) is 7.04. The molecule has 9 heteroatoms. The summed E-state index contributed by atoms with van der Waals surface area (Å²) in [6.45, 7) is 3.51. The van der Waals surface area contributed by atoms with E-state index < -0.39 is 18.0 Å². The van der Waals surface area contributed by atoms with Gasteiger partial charge in [-0.3, -0.25) is 9.59 Å². The smallest absolute Gasteiger partial charge is 0.471 e. The number of benzene rings is 2. The predicted octanol–water partition coefficient (Wildman–Crippen LogP) is 4.66. The highest BCUT2D eigenvalue weighted by Crippen LogP contribution is 2.28. The highest BCUT2D eigenvalue weighted by atomic mass is 19.4. The van der Waals surface area contributed by atoms with E-state index in [0.29, 0.717) is 34.3 Å². The first-order valence-corrected chi connectivity index (χ1v) is 9.92. The summed E-state index contributed by atoms with van der Waals surface area (Å²) in [6, 6.07) is 11.6. The lowest BCUT2D eigenvalue weighted by Crippen LogP contribution is -2.40. The first kappa shape index (κ1) is 24.8. The van der Waals surface area contributed by atoms with Gasteiger partial charge in [0.2, 0.25) is 5.91 Å². The van der Waals surface area contributed by atoms with Crippen molar-refractivity contribution in [2.45, 2.75) is 26.6 Å². The molecule has 6 nitrogen and oxygen atoms in total. The third-order valence-corrected chi connectivity index (χ3v) is 4.39. The van der Waals surface area contributed by atoms with Gasteiger partial charge in [-0.25, -0.2) is 0 Å². The molecule has 0 heterocycles. The lowest BCUT2D eigenvalue weighted by Gasteiger charge is -2.22. The zero-order valence-electron chi connectivity index (χ0n) is 18.0. The number of carbonyl (C=O) groups is 2. The SMILES string of the molecule is CCOc1ccc(/C=C/C(=O)Nc2cccc(CN(CC)C(=O)C(F)(F)F)c2)cc1OC. The molecule has 2 amide bonds. The molecule has 0 bridgehead atoms. The minimum atomic E-state index is -4.93. The fourth-order valence-electron chi connectivity index (χ4n) is 2.89. The lowest BCUT2D eigenvalue weighted by molar-refractivity contribution is -0.185. The standard InChI is InChI=1S/C23H25F3N2O4/c1-4-28(22(30)23(24,25)26)15-17-7-6-8-18(13-17)27-21(29)12-10-16-9-11-19(32-5-2)20(14-16)31-3/h6-14H,4-5,15H2,1-3H3,(H,27,29)/b12-10+. The van der Waals surface area contributed by atoms with E-state index in [0.717, 1.165) is 5.56 Å². The Kier molecular flexibility index (Phi) is 8.69. The molecule has 0 aromatic heterocycles. The minimum absolute atomic E-state index is 0.0940. The molecule has 0 fully saturated rings. The number of nitrogens with one attached hydrogen (secondary N) is 1. The summed E-state index contributed by atoms with van der Waals surface area (Å²) in [5, 5.41) is 2.66. The van der Waals surface area contributed by atoms with Crippen molar-refractivity contribution in [3.05, 3.63) is 59.7 Å². The van der Waals surface area contributed by atoms with Crippen LogP contribution < -0.4 is 14.8 Å². The van der Waals surface area contributed by atoms with Crippen molar-refractivity contribution in [2.24, 2.45) is 0 Å². The number of nitrogens with zero attached hydrogens (tertiary/aromatic N) is 1. The van der Waals surface area contributed by atoms with Gasteiger partial charge in [0.05, 0.1) is 13.7 Å². The van der Waals surface area contributed by atoms with Crippen LogP contribution >= 0.6 is 0 Å². The molecule has 0 aliphatic rings. The summed E-state index contributed by atoms with van der Waals surface area (Å²) in [5.74, 6) is -1.19. The molecule has 0 saturated carbocycles. The maximum absolute atomic E-state index is 12.7. The van der Waals surface area contributed by atoms with Crippen LogP contribution in [0.25, 0.3) is 6.08 Å². The molecular weight excluding hydrogens is 425 g/mol. The van der Waals surface area contributed by atoms with Gasteiger partial charge in [-0.1, -0.05) is 18.2 Å². The summed E-state index contributed by atoms with van der Waals surface area (Å²) >= 11 is 0. The first-order valence-electron chi connectivity index (χ1n) is 9.92. The van der Waals surface area contributed by atoms with Gasteiger partial charge in [0, 0.05) is 24.9 Å². The molecular formula is C23H25F3N2O4. The van der Waals surface area contributed by atoms with E-state index >= 15 is 0 Å². The Labute approximate surface area is 184 Å². The van der Waals surface area contributed by atoms with Crippen LogP contribution in [0.4, 0.5) is 18.9 Å². The largest absolute Gasteiger partial charge is 0.493 e. The number of hydrogen-bond donors (Lipinski definition) is 1. The maximum Gasteiger partial charge on any atom is 0.471 e. The van der Waals surface area contributed by atoms with Crippen molar-refractivity contribution in [3.8, 4) is 11.5 Å². The van der Waals surface area contributed by atoms with E-state index in [2.05, 4.69) is 5.32 Å². The summed E-state index contributed by atoms with van der Waals surface area (Å²) in [5.41, 5.74) is 1.58. The third-order valence-electron chi connectivity index (χ3n) is 4.39. The minimum Gasteiger partial charge on any atom is -0.493 e. The van der Waals surface area contributed by atoms with Gasteiger partial charge in [-0.05, 0) is 55.3 Å². The molecule has 2 aromatic carbocycles. The molecule has 172 valence electrons. The second-order valence-corrected chi connectivity index (χ2v) is 6.68. The van der Waals surface area contributed by atoms with Gasteiger partial charge in [0.15, 0.2) is 11.5 Å². The molecule has 0 saturated heterocycles. The van der Waals surface area contributed by atoms with Crippen molar-refractivity contribution in [3.63, 3.8) is 0 Å². The van der Waals surface area contributed by atoms with Gasteiger partial charge >= 0.3 is 12.1 Å². The Morgan fingerprint density at radius 1 is 1.09 bits per heavy atom. The average molecular weight is 450 g/mol. The predicted molar refractivity (Wildman–Crippen MR) is 115 cm³/mol. The van der Waals surface area contributed by atoms with E-state index in [-0.39, 0.29) is 13.1 Å². The van der Waals surface area contributed by atoms with E-state index in [4.69, 9.17) is 9.47 Å². The Morgan fingerprint density at radius 2 is 1.84 bits per heavy atom. The molecule has 0 aliphatic carbocycles. The van der Waals surface area contributed by atoms with Gasteiger partial charge < -0.3 is 19.7 Å². The number of alkyl halides is 3. The summed E-state index contributed by atoms with van der Waals surface area (Å²) in [7, 11) is 1.52. The molecule has 0 unspecified atom stereocenters. The number of hydrogen-bond acceptors (Lipinski definition) is 4.